The van der Waals surface area contributed by atoms with Crippen LogP contribution >= 0.6 is 0 Å². The first-order valence-electron chi connectivity index (χ1n) is 8.93. The zero-order chi connectivity index (χ0) is 20.1. The fourth-order valence-corrected chi connectivity index (χ4v) is 3.24. The Bertz CT molecular complexity index is 895. The van der Waals surface area contributed by atoms with Gasteiger partial charge in [-0.2, -0.15) is 0 Å². The van der Waals surface area contributed by atoms with Gasteiger partial charge < -0.3 is 15.0 Å². The zero-order valence-electron chi connectivity index (χ0n) is 15.5. The van der Waals surface area contributed by atoms with Crippen LogP contribution in [-0.4, -0.2) is 37.0 Å². The van der Waals surface area contributed by atoms with Gasteiger partial charge in [-0.3, -0.25) is 19.7 Å². The van der Waals surface area contributed by atoms with E-state index in [0.717, 1.165) is 24.1 Å². The van der Waals surface area contributed by atoms with Crippen LogP contribution in [0.25, 0.3) is 0 Å². The smallest absolute Gasteiger partial charge is 0.269 e. The van der Waals surface area contributed by atoms with Crippen LogP contribution in [0.2, 0.25) is 0 Å². The Labute approximate surface area is 162 Å². The summed E-state index contributed by atoms with van der Waals surface area (Å²) in [5.74, 6) is -0.350. The Morgan fingerprint density at radius 1 is 1.21 bits per heavy atom. The molecule has 146 valence electrons. The molecular weight excluding hydrogens is 362 g/mol. The molecule has 8 heteroatoms. The number of nitrogens with one attached hydrogen (secondary N) is 1. The molecule has 28 heavy (non-hydrogen) atoms. The average Bonchev–Trinajstić information content (AvgIpc) is 2.68. The van der Waals surface area contributed by atoms with Gasteiger partial charge >= 0.3 is 0 Å². The number of hydrogen-bond acceptors (Lipinski definition) is 5. The summed E-state index contributed by atoms with van der Waals surface area (Å²) in [6, 6.07) is 11.4. The lowest BCUT2D eigenvalue weighted by atomic mass is 10.0. The van der Waals surface area contributed by atoms with Gasteiger partial charge in [0.1, 0.15) is 6.61 Å². The maximum atomic E-state index is 12.3. The molecule has 2 aromatic rings. The second-order valence-corrected chi connectivity index (χ2v) is 6.57. The molecule has 1 aliphatic rings. The van der Waals surface area contributed by atoms with Gasteiger partial charge in [0.2, 0.25) is 5.91 Å². The number of anilines is 2. The van der Waals surface area contributed by atoms with Gasteiger partial charge in [-0.25, -0.2) is 0 Å². The van der Waals surface area contributed by atoms with Crippen molar-refractivity contribution in [3.8, 4) is 0 Å². The number of carbonyl (C=O) groups is 2. The fraction of sp³-hybridized carbons (Fsp3) is 0.300. The van der Waals surface area contributed by atoms with E-state index in [0.29, 0.717) is 17.8 Å². The van der Waals surface area contributed by atoms with E-state index < -0.39 is 4.92 Å². The number of nitrogens with zero attached hydrogens (tertiary/aromatic N) is 2. The van der Waals surface area contributed by atoms with Gasteiger partial charge in [0.25, 0.3) is 11.6 Å². The highest BCUT2D eigenvalue weighted by Gasteiger charge is 2.23. The van der Waals surface area contributed by atoms with Crippen molar-refractivity contribution in [2.24, 2.45) is 0 Å². The third-order valence-electron chi connectivity index (χ3n) is 4.57. The topological polar surface area (TPSA) is 102 Å². The lowest BCUT2D eigenvalue weighted by Crippen LogP contribution is -2.37. The van der Waals surface area contributed by atoms with Crippen LogP contribution in [0.4, 0.5) is 17.1 Å². The standard InChI is InChI=1S/C20H21N3O5/c1-28-13-20(25)22-10-2-3-15-6-7-16(12-18(15)22)21-19(24)11-14-4-8-17(9-5-14)23(26)27/h4-9,12H,2-3,10-11,13H2,1H3,(H,21,24). The van der Waals surface area contributed by atoms with E-state index in [9.17, 15) is 19.7 Å². The van der Waals surface area contributed by atoms with Crippen LogP contribution in [0.3, 0.4) is 0 Å². The highest BCUT2D eigenvalue weighted by molar-refractivity contribution is 5.97. The Morgan fingerprint density at radius 2 is 1.96 bits per heavy atom. The monoisotopic (exact) mass is 383 g/mol. The van der Waals surface area contributed by atoms with E-state index in [1.54, 1.807) is 23.1 Å². The van der Waals surface area contributed by atoms with Crippen LogP contribution in [0.15, 0.2) is 42.5 Å². The molecule has 0 saturated carbocycles. The second-order valence-electron chi connectivity index (χ2n) is 6.57. The van der Waals surface area contributed by atoms with Crippen molar-refractivity contribution in [2.75, 3.05) is 30.5 Å². The summed E-state index contributed by atoms with van der Waals surface area (Å²) in [6.45, 7) is 0.631. The largest absolute Gasteiger partial charge is 0.375 e. The minimum atomic E-state index is -0.479. The van der Waals surface area contributed by atoms with Crippen molar-refractivity contribution in [3.05, 3.63) is 63.7 Å². The van der Waals surface area contributed by atoms with Crippen molar-refractivity contribution in [2.45, 2.75) is 19.3 Å². The maximum Gasteiger partial charge on any atom is 0.269 e. The van der Waals surface area contributed by atoms with Crippen molar-refractivity contribution in [3.63, 3.8) is 0 Å². The Kier molecular flexibility index (Phi) is 6.00. The number of benzene rings is 2. The summed E-state index contributed by atoms with van der Waals surface area (Å²) in [7, 11) is 1.48. The minimum absolute atomic E-state index is 0.0101. The number of fused-ring (bicyclic) bond motifs is 1. The SMILES string of the molecule is COCC(=O)N1CCCc2ccc(NC(=O)Cc3ccc([N+](=O)[O-])cc3)cc21. The van der Waals surface area contributed by atoms with Gasteiger partial charge in [0, 0.05) is 37.2 Å². The molecule has 0 saturated heterocycles. The first-order chi connectivity index (χ1) is 13.5. The number of nitro benzene ring substituents is 1. The quantitative estimate of drug-likeness (QED) is 0.610. The van der Waals surface area contributed by atoms with Crippen LogP contribution in [0.5, 0.6) is 0 Å². The lowest BCUT2D eigenvalue weighted by molar-refractivity contribution is -0.384. The number of hydrogen-bond donors (Lipinski definition) is 1. The van der Waals surface area contributed by atoms with Crippen molar-refractivity contribution in [1.82, 2.24) is 0 Å². The van der Waals surface area contributed by atoms with E-state index in [-0.39, 0.29) is 30.5 Å². The second kappa shape index (κ2) is 8.62. The van der Waals surface area contributed by atoms with E-state index in [4.69, 9.17) is 4.74 Å². The first kappa shape index (κ1) is 19.5. The van der Waals surface area contributed by atoms with Gasteiger partial charge in [-0.15, -0.1) is 0 Å². The van der Waals surface area contributed by atoms with Crippen LogP contribution in [-0.2, 0) is 27.2 Å². The Morgan fingerprint density at radius 3 is 2.64 bits per heavy atom. The van der Waals surface area contributed by atoms with E-state index in [2.05, 4.69) is 5.32 Å². The summed E-state index contributed by atoms with van der Waals surface area (Å²) in [5, 5.41) is 13.5. The van der Waals surface area contributed by atoms with Gasteiger partial charge in [-0.05, 0) is 36.1 Å². The zero-order valence-corrected chi connectivity index (χ0v) is 15.5. The molecule has 0 spiro atoms. The summed E-state index contributed by atoms with van der Waals surface area (Å²) < 4.78 is 4.95. The number of carbonyl (C=O) groups excluding carboxylic acids is 2. The predicted octanol–water partition coefficient (Wildman–Crippen LogP) is 2.70. The third kappa shape index (κ3) is 4.52. The molecule has 1 aliphatic heterocycles. The normalized spacial score (nSPS) is 13.0. The van der Waals surface area contributed by atoms with Crippen LogP contribution in [0, 0.1) is 10.1 Å². The summed E-state index contributed by atoms with van der Waals surface area (Å²) in [6.07, 6.45) is 1.86. The number of nitro groups is 1. The van der Waals surface area contributed by atoms with Crippen molar-refractivity contribution >= 4 is 28.9 Å². The number of ether oxygens (including phenoxy) is 1. The van der Waals surface area contributed by atoms with Gasteiger partial charge in [0.15, 0.2) is 0 Å². The van der Waals surface area contributed by atoms with E-state index in [1.807, 2.05) is 12.1 Å². The molecule has 8 nitrogen and oxygen atoms in total. The molecule has 1 heterocycles. The lowest BCUT2D eigenvalue weighted by Gasteiger charge is -2.29. The van der Waals surface area contributed by atoms with Crippen molar-refractivity contribution in [1.29, 1.82) is 0 Å². The van der Waals surface area contributed by atoms with Crippen LogP contribution < -0.4 is 10.2 Å². The average molecular weight is 383 g/mol. The molecule has 0 unspecified atom stereocenters. The summed E-state index contributed by atoms with van der Waals surface area (Å²) in [5.41, 5.74) is 3.12. The third-order valence-corrected chi connectivity index (χ3v) is 4.57. The van der Waals surface area contributed by atoms with E-state index >= 15 is 0 Å². The van der Waals surface area contributed by atoms with Gasteiger partial charge in [0.05, 0.1) is 11.3 Å². The predicted molar refractivity (Wildman–Crippen MR) is 104 cm³/mol. The Balaban J connectivity index is 1.70. The van der Waals surface area contributed by atoms with E-state index in [1.165, 1.54) is 19.2 Å². The molecule has 0 radical (unpaired) electrons. The van der Waals surface area contributed by atoms with Gasteiger partial charge in [-0.1, -0.05) is 18.2 Å². The van der Waals surface area contributed by atoms with Crippen molar-refractivity contribution < 1.29 is 19.2 Å². The highest BCUT2D eigenvalue weighted by Crippen LogP contribution is 2.30. The molecule has 1 N–H and O–H groups in total. The molecule has 0 aliphatic carbocycles. The molecule has 0 aromatic heterocycles. The number of aryl methyl sites for hydroxylation is 1. The number of amides is 2. The first-order valence-corrected chi connectivity index (χ1v) is 8.93. The van der Waals surface area contributed by atoms with Crippen LogP contribution in [0.1, 0.15) is 17.5 Å². The molecule has 2 amide bonds. The summed E-state index contributed by atoms with van der Waals surface area (Å²) >= 11 is 0. The number of non-ortho nitro benzene ring substituents is 1. The minimum Gasteiger partial charge on any atom is -0.375 e. The number of rotatable bonds is 6. The maximum absolute atomic E-state index is 12.3. The molecule has 3 rings (SSSR count). The Hall–Kier alpha value is -3.26. The molecule has 0 fully saturated rings. The molecule has 0 bridgehead atoms. The fourth-order valence-electron chi connectivity index (χ4n) is 3.24. The molecule has 0 atom stereocenters. The number of methoxy groups -OCH3 is 1. The molecular formula is C20H21N3O5. The highest BCUT2D eigenvalue weighted by atomic mass is 16.6. The molecule has 2 aromatic carbocycles. The summed E-state index contributed by atoms with van der Waals surface area (Å²) in [4.78, 5) is 36.5.